The number of thiophene rings is 1. The van der Waals surface area contributed by atoms with E-state index in [0.717, 1.165) is 36.9 Å². The second-order valence-corrected chi connectivity index (χ2v) is 6.54. The summed E-state index contributed by atoms with van der Waals surface area (Å²) >= 11 is 5.23. The summed E-state index contributed by atoms with van der Waals surface area (Å²) in [5.74, 6) is -0.232. The Bertz CT molecular complexity index is 402. The Kier molecular flexibility index (Phi) is 5.17. The molecule has 1 aliphatic rings. The van der Waals surface area contributed by atoms with Gasteiger partial charge in [-0.2, -0.15) is 0 Å². The van der Waals surface area contributed by atoms with Crippen LogP contribution in [0.5, 0.6) is 0 Å². The molecule has 0 atom stereocenters. The summed E-state index contributed by atoms with van der Waals surface area (Å²) < 4.78 is 1.15. The standard InChI is InChI=1S/C12H18BrN3OS/c13-9-5-11(18-8-9)6-15-10-1-3-16(4-2-10)7-12(14)17/h5,8,10,15H,1-4,6-7H2,(H2,14,17). The maximum absolute atomic E-state index is 10.8. The summed E-state index contributed by atoms with van der Waals surface area (Å²) in [7, 11) is 0. The summed E-state index contributed by atoms with van der Waals surface area (Å²) in [6.07, 6.45) is 2.17. The van der Waals surface area contributed by atoms with E-state index in [1.54, 1.807) is 11.3 Å². The number of piperidine rings is 1. The van der Waals surface area contributed by atoms with Gasteiger partial charge in [0.2, 0.25) is 5.91 Å². The Labute approximate surface area is 120 Å². The van der Waals surface area contributed by atoms with Gasteiger partial charge in [-0.3, -0.25) is 9.69 Å². The normalized spacial score (nSPS) is 18.1. The zero-order valence-corrected chi connectivity index (χ0v) is 12.6. The molecule has 0 aliphatic carbocycles. The van der Waals surface area contributed by atoms with Gasteiger partial charge in [0, 0.05) is 40.4 Å². The van der Waals surface area contributed by atoms with Crippen LogP contribution in [0.3, 0.4) is 0 Å². The van der Waals surface area contributed by atoms with E-state index >= 15 is 0 Å². The van der Waals surface area contributed by atoms with Crippen molar-refractivity contribution < 1.29 is 4.79 Å². The number of hydrogen-bond donors (Lipinski definition) is 2. The van der Waals surface area contributed by atoms with Crippen LogP contribution in [0.2, 0.25) is 0 Å². The number of halogens is 1. The van der Waals surface area contributed by atoms with E-state index in [9.17, 15) is 4.79 Å². The first kappa shape index (κ1) is 14.0. The minimum absolute atomic E-state index is 0.232. The fourth-order valence-corrected chi connectivity index (χ4v) is 3.61. The van der Waals surface area contributed by atoms with Gasteiger partial charge < -0.3 is 11.1 Å². The number of nitrogens with one attached hydrogen (secondary N) is 1. The molecule has 2 heterocycles. The van der Waals surface area contributed by atoms with Crippen molar-refractivity contribution in [2.24, 2.45) is 5.73 Å². The lowest BCUT2D eigenvalue weighted by Gasteiger charge is -2.31. The Morgan fingerprint density at radius 2 is 2.28 bits per heavy atom. The average molecular weight is 332 g/mol. The van der Waals surface area contributed by atoms with Crippen molar-refractivity contribution in [1.29, 1.82) is 0 Å². The quantitative estimate of drug-likeness (QED) is 0.860. The molecule has 0 bridgehead atoms. The maximum atomic E-state index is 10.8. The Morgan fingerprint density at radius 1 is 1.56 bits per heavy atom. The van der Waals surface area contributed by atoms with Gasteiger partial charge in [-0.15, -0.1) is 11.3 Å². The van der Waals surface area contributed by atoms with Crippen molar-refractivity contribution in [3.63, 3.8) is 0 Å². The van der Waals surface area contributed by atoms with Crippen molar-refractivity contribution in [3.05, 3.63) is 20.8 Å². The average Bonchev–Trinajstić information content (AvgIpc) is 2.74. The molecule has 0 aromatic carbocycles. The van der Waals surface area contributed by atoms with Crippen molar-refractivity contribution in [3.8, 4) is 0 Å². The number of amides is 1. The number of hydrogen-bond acceptors (Lipinski definition) is 4. The molecule has 1 saturated heterocycles. The van der Waals surface area contributed by atoms with E-state index in [0.29, 0.717) is 12.6 Å². The second-order valence-electron chi connectivity index (χ2n) is 4.63. The van der Waals surface area contributed by atoms with Gasteiger partial charge >= 0.3 is 0 Å². The fraction of sp³-hybridized carbons (Fsp3) is 0.583. The molecule has 0 radical (unpaired) electrons. The lowest BCUT2D eigenvalue weighted by Crippen LogP contribution is -2.44. The highest BCUT2D eigenvalue weighted by Crippen LogP contribution is 2.20. The SMILES string of the molecule is NC(=O)CN1CCC(NCc2cc(Br)cs2)CC1. The molecule has 1 fully saturated rings. The van der Waals surface area contributed by atoms with E-state index in [1.165, 1.54) is 4.88 Å². The number of nitrogens with two attached hydrogens (primary N) is 1. The first-order valence-corrected chi connectivity index (χ1v) is 7.77. The Balaban J connectivity index is 1.69. The van der Waals surface area contributed by atoms with Gasteiger partial charge in [0.05, 0.1) is 6.54 Å². The van der Waals surface area contributed by atoms with Gasteiger partial charge in [0.25, 0.3) is 0 Å². The Hall–Kier alpha value is -0.430. The third kappa shape index (κ3) is 4.35. The summed E-state index contributed by atoms with van der Waals surface area (Å²) in [6.45, 7) is 3.23. The van der Waals surface area contributed by atoms with Crippen molar-refractivity contribution in [2.75, 3.05) is 19.6 Å². The summed E-state index contributed by atoms with van der Waals surface area (Å²) in [5, 5.41) is 5.68. The molecule has 3 N–H and O–H groups in total. The van der Waals surface area contributed by atoms with E-state index in [2.05, 4.69) is 37.6 Å². The maximum Gasteiger partial charge on any atom is 0.231 e. The highest BCUT2D eigenvalue weighted by atomic mass is 79.9. The van der Waals surface area contributed by atoms with Crippen LogP contribution in [-0.2, 0) is 11.3 Å². The zero-order valence-electron chi connectivity index (χ0n) is 10.2. The van der Waals surface area contributed by atoms with Crippen LogP contribution >= 0.6 is 27.3 Å². The highest BCUT2D eigenvalue weighted by molar-refractivity contribution is 9.10. The van der Waals surface area contributed by atoms with Crippen LogP contribution in [0.15, 0.2) is 15.9 Å². The van der Waals surface area contributed by atoms with Gasteiger partial charge in [0.15, 0.2) is 0 Å². The molecule has 1 amide bonds. The molecule has 0 spiro atoms. The van der Waals surface area contributed by atoms with Crippen LogP contribution < -0.4 is 11.1 Å². The third-order valence-electron chi connectivity index (χ3n) is 3.15. The number of likely N-dealkylation sites (tertiary alicyclic amines) is 1. The third-order valence-corrected chi connectivity index (χ3v) is 4.85. The molecule has 1 aliphatic heterocycles. The molecule has 4 nitrogen and oxygen atoms in total. The number of nitrogens with zero attached hydrogens (tertiary/aromatic N) is 1. The van der Waals surface area contributed by atoms with Crippen LogP contribution in [-0.4, -0.2) is 36.5 Å². The first-order valence-electron chi connectivity index (χ1n) is 6.10. The smallest absolute Gasteiger partial charge is 0.231 e. The second kappa shape index (κ2) is 6.65. The number of carbonyl (C=O) groups is 1. The molecule has 2 rings (SSSR count). The molecule has 0 unspecified atom stereocenters. The predicted molar refractivity (Wildman–Crippen MR) is 77.5 cm³/mol. The van der Waals surface area contributed by atoms with Crippen LogP contribution in [0.25, 0.3) is 0 Å². The minimum Gasteiger partial charge on any atom is -0.369 e. The van der Waals surface area contributed by atoms with E-state index < -0.39 is 0 Å². The van der Waals surface area contributed by atoms with Crippen molar-refractivity contribution in [1.82, 2.24) is 10.2 Å². The molecule has 100 valence electrons. The molecule has 18 heavy (non-hydrogen) atoms. The molecular formula is C12H18BrN3OS. The van der Waals surface area contributed by atoms with E-state index in [1.807, 2.05) is 0 Å². The monoisotopic (exact) mass is 331 g/mol. The van der Waals surface area contributed by atoms with E-state index in [4.69, 9.17) is 5.73 Å². The summed E-state index contributed by atoms with van der Waals surface area (Å²) in [4.78, 5) is 14.3. The lowest BCUT2D eigenvalue weighted by molar-refractivity contribution is -0.119. The van der Waals surface area contributed by atoms with Crippen molar-refractivity contribution in [2.45, 2.75) is 25.4 Å². The van der Waals surface area contributed by atoms with Crippen LogP contribution in [0.4, 0.5) is 0 Å². The minimum atomic E-state index is -0.232. The summed E-state index contributed by atoms with van der Waals surface area (Å²) in [5.41, 5.74) is 5.20. The fourth-order valence-electron chi connectivity index (χ4n) is 2.21. The van der Waals surface area contributed by atoms with Crippen LogP contribution in [0.1, 0.15) is 17.7 Å². The molecule has 6 heteroatoms. The van der Waals surface area contributed by atoms with Crippen LogP contribution in [0, 0.1) is 0 Å². The summed E-state index contributed by atoms with van der Waals surface area (Å²) in [6, 6.07) is 2.70. The Morgan fingerprint density at radius 3 is 2.83 bits per heavy atom. The predicted octanol–water partition coefficient (Wildman–Crippen LogP) is 1.55. The number of rotatable bonds is 5. The number of primary amides is 1. The van der Waals surface area contributed by atoms with Gasteiger partial charge in [0.1, 0.15) is 0 Å². The molecule has 1 aromatic heterocycles. The van der Waals surface area contributed by atoms with Gasteiger partial charge in [-0.05, 0) is 34.8 Å². The molecule has 0 saturated carbocycles. The number of carbonyl (C=O) groups excluding carboxylic acids is 1. The van der Waals surface area contributed by atoms with Gasteiger partial charge in [-0.25, -0.2) is 0 Å². The van der Waals surface area contributed by atoms with Gasteiger partial charge in [-0.1, -0.05) is 0 Å². The lowest BCUT2D eigenvalue weighted by atomic mass is 10.1. The molecule has 1 aromatic rings. The van der Waals surface area contributed by atoms with Crippen molar-refractivity contribution >= 4 is 33.2 Å². The highest BCUT2D eigenvalue weighted by Gasteiger charge is 2.19. The molecular weight excluding hydrogens is 314 g/mol. The van der Waals surface area contributed by atoms with E-state index in [-0.39, 0.29) is 5.91 Å². The first-order chi connectivity index (χ1) is 8.63. The largest absolute Gasteiger partial charge is 0.369 e. The zero-order chi connectivity index (χ0) is 13.0. The topological polar surface area (TPSA) is 58.4 Å².